The molecule has 1 fully saturated rings. The van der Waals surface area contributed by atoms with Crippen molar-refractivity contribution in [3.63, 3.8) is 0 Å². The van der Waals surface area contributed by atoms with Crippen LogP contribution in [0.2, 0.25) is 5.02 Å². The summed E-state index contributed by atoms with van der Waals surface area (Å²) in [6, 6.07) is 7.22. The molecule has 1 aromatic carbocycles. The lowest BCUT2D eigenvalue weighted by molar-refractivity contribution is -0.185. The van der Waals surface area contributed by atoms with Gasteiger partial charge in [-0.1, -0.05) is 23.7 Å². The summed E-state index contributed by atoms with van der Waals surface area (Å²) in [6.07, 6.45) is -3.12. The zero-order valence-electron chi connectivity index (χ0n) is 11.0. The van der Waals surface area contributed by atoms with Gasteiger partial charge in [0.1, 0.15) is 0 Å². The quantitative estimate of drug-likeness (QED) is 0.864. The third kappa shape index (κ3) is 4.13. The van der Waals surface area contributed by atoms with Gasteiger partial charge in [-0.25, -0.2) is 0 Å². The largest absolute Gasteiger partial charge is 0.392 e. The second-order valence-electron chi connectivity index (χ2n) is 5.55. The van der Waals surface area contributed by atoms with Gasteiger partial charge in [-0.15, -0.1) is 0 Å². The molecular weight excluding hydrogens is 289 g/mol. The Labute approximate surface area is 121 Å². The van der Waals surface area contributed by atoms with Gasteiger partial charge in [0.05, 0.1) is 12.0 Å². The van der Waals surface area contributed by atoms with Crippen LogP contribution in [0.15, 0.2) is 24.3 Å². The lowest BCUT2D eigenvalue weighted by Gasteiger charge is -2.32. The number of halogens is 4. The van der Waals surface area contributed by atoms with E-state index in [1.807, 2.05) is 12.1 Å². The van der Waals surface area contributed by atoms with Crippen LogP contribution in [0.4, 0.5) is 13.2 Å². The molecule has 0 spiro atoms. The molecule has 0 amide bonds. The molecule has 5 heteroatoms. The molecule has 0 saturated heterocycles. The van der Waals surface area contributed by atoms with Crippen LogP contribution in [0, 0.1) is 11.8 Å². The van der Waals surface area contributed by atoms with Gasteiger partial charge in [0.25, 0.3) is 0 Å². The highest BCUT2D eigenvalue weighted by Gasteiger charge is 2.42. The van der Waals surface area contributed by atoms with Crippen LogP contribution in [-0.2, 0) is 6.42 Å². The van der Waals surface area contributed by atoms with Crippen LogP contribution >= 0.6 is 11.6 Å². The second-order valence-corrected chi connectivity index (χ2v) is 5.99. The monoisotopic (exact) mass is 306 g/mol. The Hall–Kier alpha value is -0.740. The normalized spacial score (nSPS) is 25.4. The smallest absolute Gasteiger partial charge is 0.391 e. The van der Waals surface area contributed by atoms with Crippen LogP contribution in [-0.4, -0.2) is 17.4 Å². The molecule has 1 atom stereocenters. The fourth-order valence-electron chi connectivity index (χ4n) is 2.90. The van der Waals surface area contributed by atoms with Crippen molar-refractivity contribution in [2.24, 2.45) is 11.8 Å². The summed E-state index contributed by atoms with van der Waals surface area (Å²) in [5.41, 5.74) is 0.919. The Balaban J connectivity index is 1.87. The first-order chi connectivity index (χ1) is 9.36. The molecule has 1 N–H and O–H groups in total. The molecule has 0 aliphatic heterocycles. The van der Waals surface area contributed by atoms with Crippen molar-refractivity contribution in [3.8, 4) is 0 Å². The SMILES string of the molecule is OC(Cc1cccc(Cl)c1)C1CCC(C(F)(F)F)CC1. The maximum Gasteiger partial charge on any atom is 0.391 e. The van der Waals surface area contributed by atoms with Crippen molar-refractivity contribution in [1.82, 2.24) is 0 Å². The summed E-state index contributed by atoms with van der Waals surface area (Å²) in [5, 5.41) is 10.8. The van der Waals surface area contributed by atoms with Crippen LogP contribution in [0.1, 0.15) is 31.2 Å². The maximum absolute atomic E-state index is 12.6. The van der Waals surface area contributed by atoms with E-state index in [9.17, 15) is 18.3 Å². The fourth-order valence-corrected chi connectivity index (χ4v) is 3.12. The highest BCUT2D eigenvalue weighted by atomic mass is 35.5. The molecule has 1 aromatic rings. The fraction of sp³-hybridized carbons (Fsp3) is 0.600. The Morgan fingerprint density at radius 1 is 1.20 bits per heavy atom. The van der Waals surface area contributed by atoms with E-state index in [1.54, 1.807) is 12.1 Å². The molecule has 0 heterocycles. The van der Waals surface area contributed by atoms with E-state index in [0.717, 1.165) is 5.56 Å². The van der Waals surface area contributed by atoms with E-state index in [1.165, 1.54) is 0 Å². The van der Waals surface area contributed by atoms with E-state index in [4.69, 9.17) is 11.6 Å². The Morgan fingerprint density at radius 2 is 1.85 bits per heavy atom. The Morgan fingerprint density at radius 3 is 2.40 bits per heavy atom. The number of benzene rings is 1. The molecule has 0 bridgehead atoms. The summed E-state index contributed by atoms with van der Waals surface area (Å²) >= 11 is 5.88. The summed E-state index contributed by atoms with van der Waals surface area (Å²) in [5.74, 6) is -1.25. The van der Waals surface area contributed by atoms with E-state index >= 15 is 0 Å². The first-order valence-electron chi connectivity index (χ1n) is 6.85. The molecule has 0 aromatic heterocycles. The van der Waals surface area contributed by atoms with Crippen LogP contribution in [0.3, 0.4) is 0 Å². The van der Waals surface area contributed by atoms with Crippen molar-refractivity contribution in [1.29, 1.82) is 0 Å². The van der Waals surface area contributed by atoms with E-state index in [-0.39, 0.29) is 18.8 Å². The van der Waals surface area contributed by atoms with Crippen molar-refractivity contribution >= 4 is 11.6 Å². The number of aliphatic hydroxyl groups excluding tert-OH is 1. The Kier molecular flexibility index (Phi) is 4.97. The highest BCUT2D eigenvalue weighted by molar-refractivity contribution is 6.30. The third-order valence-corrected chi connectivity index (χ3v) is 4.35. The zero-order valence-corrected chi connectivity index (χ0v) is 11.8. The Bertz CT molecular complexity index is 439. The van der Waals surface area contributed by atoms with Gasteiger partial charge in [-0.05, 0) is 55.7 Å². The number of hydrogen-bond acceptors (Lipinski definition) is 1. The summed E-state index contributed by atoms with van der Waals surface area (Å²) in [7, 11) is 0. The topological polar surface area (TPSA) is 20.2 Å². The molecule has 0 radical (unpaired) electrons. The average molecular weight is 307 g/mol. The molecular formula is C15H18ClF3O. The second kappa shape index (κ2) is 6.35. The predicted molar refractivity (Wildman–Crippen MR) is 72.7 cm³/mol. The summed E-state index contributed by atoms with van der Waals surface area (Å²) in [4.78, 5) is 0. The molecule has 1 nitrogen and oxygen atoms in total. The summed E-state index contributed by atoms with van der Waals surface area (Å²) < 4.78 is 37.8. The van der Waals surface area contributed by atoms with Crippen LogP contribution in [0.5, 0.6) is 0 Å². The van der Waals surface area contributed by atoms with Gasteiger partial charge in [0.15, 0.2) is 0 Å². The minimum absolute atomic E-state index is 0.0485. The molecule has 1 saturated carbocycles. The van der Waals surface area contributed by atoms with Crippen molar-refractivity contribution in [3.05, 3.63) is 34.9 Å². The number of alkyl halides is 3. The molecule has 20 heavy (non-hydrogen) atoms. The van der Waals surface area contributed by atoms with E-state index < -0.39 is 18.2 Å². The number of rotatable bonds is 3. The number of aliphatic hydroxyl groups is 1. The van der Waals surface area contributed by atoms with Crippen molar-refractivity contribution < 1.29 is 18.3 Å². The van der Waals surface area contributed by atoms with Gasteiger partial charge < -0.3 is 5.11 Å². The van der Waals surface area contributed by atoms with Gasteiger partial charge >= 0.3 is 6.18 Å². The minimum atomic E-state index is -4.09. The molecule has 1 aliphatic carbocycles. The third-order valence-electron chi connectivity index (χ3n) is 4.11. The van der Waals surface area contributed by atoms with E-state index in [2.05, 4.69) is 0 Å². The van der Waals surface area contributed by atoms with E-state index in [0.29, 0.717) is 24.3 Å². The van der Waals surface area contributed by atoms with Crippen molar-refractivity contribution in [2.45, 2.75) is 44.4 Å². The van der Waals surface area contributed by atoms with Gasteiger partial charge in [-0.2, -0.15) is 13.2 Å². The summed E-state index contributed by atoms with van der Waals surface area (Å²) in [6.45, 7) is 0. The lowest BCUT2D eigenvalue weighted by atomic mass is 9.78. The van der Waals surface area contributed by atoms with Crippen LogP contribution < -0.4 is 0 Å². The predicted octanol–water partition coefficient (Wildman–Crippen LogP) is 4.61. The molecule has 112 valence electrons. The number of hydrogen-bond donors (Lipinski definition) is 1. The molecule has 2 rings (SSSR count). The molecule has 1 unspecified atom stereocenters. The van der Waals surface area contributed by atoms with Crippen molar-refractivity contribution in [2.75, 3.05) is 0 Å². The zero-order chi connectivity index (χ0) is 14.8. The van der Waals surface area contributed by atoms with Gasteiger partial charge in [0, 0.05) is 5.02 Å². The first-order valence-corrected chi connectivity index (χ1v) is 7.23. The van der Waals surface area contributed by atoms with Gasteiger partial charge in [0.2, 0.25) is 0 Å². The lowest BCUT2D eigenvalue weighted by Crippen LogP contribution is -2.32. The maximum atomic E-state index is 12.6. The van der Waals surface area contributed by atoms with Gasteiger partial charge in [-0.3, -0.25) is 0 Å². The first kappa shape index (κ1) is 15.6. The molecule has 1 aliphatic rings. The minimum Gasteiger partial charge on any atom is -0.392 e. The average Bonchev–Trinajstić information content (AvgIpc) is 2.38. The van der Waals surface area contributed by atoms with Crippen LogP contribution in [0.25, 0.3) is 0 Å². The standard InChI is InChI=1S/C15H18ClF3O/c16-13-3-1-2-10(8-13)9-14(20)11-4-6-12(7-5-11)15(17,18)19/h1-3,8,11-12,14,20H,4-7,9H2. The highest BCUT2D eigenvalue weighted by Crippen LogP contribution is 2.40.